The van der Waals surface area contributed by atoms with Gasteiger partial charge < -0.3 is 16.0 Å². The number of nitrogens with zero attached hydrogens (tertiary/aromatic N) is 5. The van der Waals surface area contributed by atoms with Crippen LogP contribution in [-0.2, 0) is 6.18 Å². The molecule has 2 aromatic heterocycles. The van der Waals surface area contributed by atoms with Gasteiger partial charge in [0.2, 0.25) is 0 Å². The number of halogens is 3. The van der Waals surface area contributed by atoms with Crippen molar-refractivity contribution in [1.82, 2.24) is 24.6 Å². The molecule has 1 fully saturated rings. The highest BCUT2D eigenvalue weighted by molar-refractivity contribution is 6.04. The number of nitrogen functional groups attached to an aromatic ring is 1. The molecule has 2 aromatic carbocycles. The first kappa shape index (κ1) is 26.2. The fourth-order valence-corrected chi connectivity index (χ4v) is 4.68. The molecule has 8 nitrogen and oxygen atoms in total. The van der Waals surface area contributed by atoms with Gasteiger partial charge in [0.15, 0.2) is 5.65 Å². The van der Waals surface area contributed by atoms with Crippen LogP contribution < -0.4 is 11.1 Å². The van der Waals surface area contributed by atoms with Crippen LogP contribution in [-0.4, -0.2) is 50.7 Å². The van der Waals surface area contributed by atoms with Crippen LogP contribution in [0.5, 0.6) is 0 Å². The van der Waals surface area contributed by atoms with Gasteiger partial charge in [-0.2, -0.15) is 18.3 Å². The number of hydrogen-bond donors (Lipinski definition) is 2. The van der Waals surface area contributed by atoms with Crippen LogP contribution in [0.4, 0.5) is 24.7 Å². The molecule has 0 aliphatic carbocycles. The van der Waals surface area contributed by atoms with Gasteiger partial charge in [-0.15, -0.1) is 0 Å². The molecule has 0 radical (unpaired) electrons. The molecule has 5 rings (SSSR count). The number of fused-ring (bicyclic) bond motifs is 1. The van der Waals surface area contributed by atoms with Crippen molar-refractivity contribution in [3.05, 3.63) is 76.2 Å². The van der Waals surface area contributed by atoms with E-state index in [2.05, 4.69) is 39.1 Å². The van der Waals surface area contributed by atoms with Crippen LogP contribution in [0.15, 0.2) is 42.7 Å². The van der Waals surface area contributed by atoms with Crippen LogP contribution in [0, 0.1) is 25.7 Å². The number of benzene rings is 2. The van der Waals surface area contributed by atoms with Crippen LogP contribution >= 0.6 is 0 Å². The summed E-state index contributed by atoms with van der Waals surface area (Å²) in [6.45, 7) is 5.01. The molecule has 0 unspecified atom stereocenters. The molecule has 1 aliphatic rings. The summed E-state index contributed by atoms with van der Waals surface area (Å²) in [4.78, 5) is 23.5. The maximum absolute atomic E-state index is 13.3. The molecule has 3 heterocycles. The summed E-state index contributed by atoms with van der Waals surface area (Å²) in [5, 5.41) is 7.98. The van der Waals surface area contributed by atoms with E-state index in [9.17, 15) is 18.0 Å². The average Bonchev–Trinajstić information content (AvgIpc) is 3.48. The highest BCUT2D eigenvalue weighted by Crippen LogP contribution is 2.32. The molecular weight excluding hydrogens is 507 g/mol. The quantitative estimate of drug-likeness (QED) is 0.374. The van der Waals surface area contributed by atoms with E-state index in [0.717, 1.165) is 31.1 Å². The van der Waals surface area contributed by atoms with Crippen molar-refractivity contribution < 1.29 is 18.0 Å². The molecule has 1 amide bonds. The fourth-order valence-electron chi connectivity index (χ4n) is 4.68. The van der Waals surface area contributed by atoms with E-state index in [1.54, 1.807) is 18.2 Å². The molecule has 1 saturated heterocycles. The van der Waals surface area contributed by atoms with E-state index in [4.69, 9.17) is 10.8 Å². The van der Waals surface area contributed by atoms with Gasteiger partial charge in [0, 0.05) is 29.9 Å². The molecule has 1 atom stereocenters. The Kier molecular flexibility index (Phi) is 6.74. The van der Waals surface area contributed by atoms with Gasteiger partial charge in [0.25, 0.3) is 5.91 Å². The molecular formula is C28H26F3N7O. The van der Waals surface area contributed by atoms with Crippen molar-refractivity contribution in [2.24, 2.45) is 0 Å². The maximum atomic E-state index is 13.3. The van der Waals surface area contributed by atoms with Gasteiger partial charge in [0.1, 0.15) is 17.8 Å². The number of carbonyl (C=O) groups is 1. The number of amides is 1. The largest absolute Gasteiger partial charge is 0.416 e. The van der Waals surface area contributed by atoms with E-state index < -0.39 is 17.6 Å². The summed E-state index contributed by atoms with van der Waals surface area (Å²) in [7, 11) is 2.05. The third-order valence-corrected chi connectivity index (χ3v) is 6.85. The normalized spacial score (nSPS) is 15.8. The van der Waals surface area contributed by atoms with Crippen molar-refractivity contribution in [3.8, 4) is 11.8 Å². The molecule has 3 N–H and O–H groups in total. The second kappa shape index (κ2) is 10.0. The lowest BCUT2D eigenvalue weighted by Gasteiger charge is -2.12. The number of carbonyl (C=O) groups excluding carboxylic acids is 1. The standard InChI is InChI=1S/C28H26F3N7O/c1-16-5-8-20(35-27(39)19-6-4-17(2)22(13-19)28(29,30)31)12-18(16)7-9-23-24-25(32)33-15-34-26(24)38(36-23)21-10-11-37(3)14-21/h4-6,8,12-13,15,21H,10-11,14H2,1-3H3,(H,35,39)(H2,32,33,34)/t21-/m1/s1. The fraction of sp³-hybridized carbons (Fsp3) is 0.286. The zero-order valence-electron chi connectivity index (χ0n) is 21.6. The summed E-state index contributed by atoms with van der Waals surface area (Å²) in [6, 6.07) is 8.77. The summed E-state index contributed by atoms with van der Waals surface area (Å²) in [5.74, 6) is 5.83. The second-order valence-electron chi connectivity index (χ2n) is 9.72. The van der Waals surface area contributed by atoms with Crippen LogP contribution in [0.2, 0.25) is 0 Å². The Morgan fingerprint density at radius 1 is 1.10 bits per heavy atom. The second-order valence-corrected chi connectivity index (χ2v) is 9.72. The molecule has 39 heavy (non-hydrogen) atoms. The minimum absolute atomic E-state index is 0.0490. The number of aromatic nitrogens is 4. The predicted molar refractivity (Wildman–Crippen MR) is 142 cm³/mol. The number of hydrogen-bond acceptors (Lipinski definition) is 6. The number of nitrogens with one attached hydrogen (secondary N) is 1. The van der Waals surface area contributed by atoms with Gasteiger partial charge in [0.05, 0.1) is 17.0 Å². The molecule has 0 spiro atoms. The Bertz CT molecular complexity index is 1650. The topological polar surface area (TPSA) is 102 Å². The third-order valence-electron chi connectivity index (χ3n) is 6.85. The van der Waals surface area contributed by atoms with Gasteiger partial charge in [-0.05, 0) is 68.6 Å². The van der Waals surface area contributed by atoms with Crippen LogP contribution in [0.25, 0.3) is 11.0 Å². The van der Waals surface area contributed by atoms with Crippen molar-refractivity contribution in [3.63, 3.8) is 0 Å². The van der Waals surface area contributed by atoms with E-state index in [1.165, 1.54) is 25.4 Å². The number of nitrogens with two attached hydrogens (primary N) is 1. The Labute approximate surface area is 223 Å². The smallest absolute Gasteiger partial charge is 0.383 e. The van der Waals surface area contributed by atoms with Crippen molar-refractivity contribution in [1.29, 1.82) is 0 Å². The number of likely N-dealkylation sites (N-methyl/N-ethyl adjacent to an activating group) is 1. The molecule has 4 aromatic rings. The maximum Gasteiger partial charge on any atom is 0.416 e. The van der Waals surface area contributed by atoms with E-state index in [0.29, 0.717) is 28.0 Å². The van der Waals surface area contributed by atoms with E-state index in [-0.39, 0.29) is 23.0 Å². The lowest BCUT2D eigenvalue weighted by Crippen LogP contribution is -2.17. The Hall–Kier alpha value is -4.43. The Morgan fingerprint density at radius 2 is 1.87 bits per heavy atom. The van der Waals surface area contributed by atoms with E-state index >= 15 is 0 Å². The summed E-state index contributed by atoms with van der Waals surface area (Å²) in [5.41, 5.74) is 8.23. The number of aryl methyl sites for hydroxylation is 2. The van der Waals surface area contributed by atoms with E-state index in [1.807, 2.05) is 11.6 Å². The average molecular weight is 534 g/mol. The zero-order chi connectivity index (χ0) is 27.9. The third kappa shape index (κ3) is 5.28. The SMILES string of the molecule is Cc1ccc(NC(=O)c2ccc(C)c(C(F)(F)F)c2)cc1C#Cc1nn([C@@H]2CCN(C)C2)c2ncnc(N)c12. The van der Waals surface area contributed by atoms with Gasteiger partial charge >= 0.3 is 6.18 Å². The Balaban J connectivity index is 1.45. The summed E-state index contributed by atoms with van der Waals surface area (Å²) >= 11 is 0. The number of anilines is 2. The molecule has 1 aliphatic heterocycles. The number of alkyl halides is 3. The molecule has 0 saturated carbocycles. The predicted octanol–water partition coefficient (Wildman–Crippen LogP) is 4.57. The van der Waals surface area contributed by atoms with Gasteiger partial charge in [-0.25, -0.2) is 14.6 Å². The zero-order valence-corrected chi connectivity index (χ0v) is 21.6. The highest BCUT2D eigenvalue weighted by Gasteiger charge is 2.33. The lowest BCUT2D eigenvalue weighted by atomic mass is 10.0. The van der Waals surface area contributed by atoms with Gasteiger partial charge in [-0.3, -0.25) is 4.79 Å². The monoisotopic (exact) mass is 533 g/mol. The highest BCUT2D eigenvalue weighted by atomic mass is 19.4. The van der Waals surface area contributed by atoms with Crippen LogP contribution in [0.1, 0.15) is 50.8 Å². The lowest BCUT2D eigenvalue weighted by molar-refractivity contribution is -0.138. The summed E-state index contributed by atoms with van der Waals surface area (Å²) in [6.07, 6.45) is -2.21. The first-order chi connectivity index (χ1) is 18.5. The molecule has 11 heteroatoms. The van der Waals surface area contributed by atoms with Gasteiger partial charge in [-0.1, -0.05) is 18.1 Å². The first-order valence-corrected chi connectivity index (χ1v) is 12.3. The Morgan fingerprint density at radius 3 is 2.59 bits per heavy atom. The number of rotatable bonds is 3. The minimum Gasteiger partial charge on any atom is -0.383 e. The van der Waals surface area contributed by atoms with Crippen LogP contribution in [0.3, 0.4) is 0 Å². The molecule has 200 valence electrons. The van der Waals surface area contributed by atoms with Crippen molar-refractivity contribution in [2.45, 2.75) is 32.5 Å². The van der Waals surface area contributed by atoms with Crippen molar-refractivity contribution >= 4 is 28.4 Å². The first-order valence-electron chi connectivity index (χ1n) is 12.3. The number of likely N-dealkylation sites (tertiary alicyclic amines) is 1. The van der Waals surface area contributed by atoms with Crippen molar-refractivity contribution in [2.75, 3.05) is 31.2 Å². The summed E-state index contributed by atoms with van der Waals surface area (Å²) < 4.78 is 41.8. The minimum atomic E-state index is -4.55. The molecule has 0 bridgehead atoms.